The molecule has 1 saturated heterocycles. The summed E-state index contributed by atoms with van der Waals surface area (Å²) in [5.41, 5.74) is 2.11. The lowest BCUT2D eigenvalue weighted by atomic mass is 10.1. The summed E-state index contributed by atoms with van der Waals surface area (Å²) in [6.07, 6.45) is 2.03. The maximum absolute atomic E-state index is 12.2. The monoisotopic (exact) mass is 298 g/mol. The minimum absolute atomic E-state index is 0.0155. The Morgan fingerprint density at radius 2 is 2.37 bits per heavy atom. The van der Waals surface area contributed by atoms with Gasteiger partial charge in [-0.3, -0.25) is 4.79 Å². The normalized spacial score (nSPS) is 20.3. The van der Waals surface area contributed by atoms with Crippen molar-refractivity contribution in [1.29, 1.82) is 0 Å². The summed E-state index contributed by atoms with van der Waals surface area (Å²) in [7, 11) is 1.98. The standard InChI is InChI=1S/C14H19ClN2OS/c1-10-11(5-3-6-12(10)15)9-16-14(18)13-7-4-8-19-17(13)2/h3,5-6,13H,4,7-9H2,1-2H3,(H,16,18). The van der Waals surface area contributed by atoms with E-state index in [-0.39, 0.29) is 11.9 Å². The molecule has 0 saturated carbocycles. The van der Waals surface area contributed by atoms with Crippen molar-refractivity contribution in [1.82, 2.24) is 9.62 Å². The zero-order chi connectivity index (χ0) is 13.8. The quantitative estimate of drug-likeness (QED) is 0.871. The predicted molar refractivity (Wildman–Crippen MR) is 81.3 cm³/mol. The first-order valence-corrected chi connectivity index (χ1v) is 7.79. The fourth-order valence-corrected chi connectivity index (χ4v) is 3.36. The van der Waals surface area contributed by atoms with Gasteiger partial charge in [-0.2, -0.15) is 0 Å². The van der Waals surface area contributed by atoms with Crippen LogP contribution < -0.4 is 5.32 Å². The maximum Gasteiger partial charge on any atom is 0.238 e. The molecule has 1 aromatic rings. The number of nitrogens with zero attached hydrogens (tertiary/aromatic N) is 1. The van der Waals surface area contributed by atoms with Crippen molar-refractivity contribution in [2.75, 3.05) is 12.8 Å². The van der Waals surface area contributed by atoms with Gasteiger partial charge < -0.3 is 5.32 Å². The molecule has 0 radical (unpaired) electrons. The van der Waals surface area contributed by atoms with Crippen LogP contribution in [0.2, 0.25) is 5.02 Å². The minimum atomic E-state index is -0.0155. The molecule has 19 heavy (non-hydrogen) atoms. The smallest absolute Gasteiger partial charge is 0.238 e. The summed E-state index contributed by atoms with van der Waals surface area (Å²) < 4.78 is 2.06. The first-order valence-electron chi connectivity index (χ1n) is 6.47. The van der Waals surface area contributed by atoms with Gasteiger partial charge in [-0.25, -0.2) is 4.31 Å². The minimum Gasteiger partial charge on any atom is -0.351 e. The third-order valence-electron chi connectivity index (χ3n) is 3.49. The van der Waals surface area contributed by atoms with E-state index in [1.54, 1.807) is 11.9 Å². The highest BCUT2D eigenvalue weighted by Crippen LogP contribution is 2.24. The number of hydrogen-bond donors (Lipinski definition) is 1. The van der Waals surface area contributed by atoms with Crippen molar-refractivity contribution in [3.63, 3.8) is 0 Å². The van der Waals surface area contributed by atoms with Gasteiger partial charge in [0.2, 0.25) is 5.91 Å². The largest absolute Gasteiger partial charge is 0.351 e. The Kier molecular flexibility index (Phi) is 5.13. The highest BCUT2D eigenvalue weighted by atomic mass is 35.5. The topological polar surface area (TPSA) is 32.3 Å². The van der Waals surface area contributed by atoms with Crippen molar-refractivity contribution in [3.05, 3.63) is 34.3 Å². The molecule has 1 unspecified atom stereocenters. The van der Waals surface area contributed by atoms with E-state index in [1.807, 2.05) is 32.2 Å². The Morgan fingerprint density at radius 1 is 1.58 bits per heavy atom. The number of benzene rings is 1. The molecule has 1 amide bonds. The SMILES string of the molecule is Cc1c(Cl)cccc1CNC(=O)C1CCCSN1C. The lowest BCUT2D eigenvalue weighted by Gasteiger charge is -2.30. The number of hydrogen-bond acceptors (Lipinski definition) is 3. The number of likely N-dealkylation sites (N-methyl/N-ethyl adjacent to an activating group) is 1. The lowest BCUT2D eigenvalue weighted by Crippen LogP contribution is -2.44. The molecule has 1 aromatic carbocycles. The van der Waals surface area contributed by atoms with Crippen LogP contribution in [0.25, 0.3) is 0 Å². The van der Waals surface area contributed by atoms with E-state index in [1.165, 1.54) is 0 Å². The molecule has 0 spiro atoms. The van der Waals surface area contributed by atoms with E-state index < -0.39 is 0 Å². The van der Waals surface area contributed by atoms with Gasteiger partial charge in [-0.1, -0.05) is 35.7 Å². The Hall–Kier alpha value is -0.710. The van der Waals surface area contributed by atoms with Crippen LogP contribution in [-0.2, 0) is 11.3 Å². The fourth-order valence-electron chi connectivity index (χ4n) is 2.20. The number of amides is 1. The summed E-state index contributed by atoms with van der Waals surface area (Å²) in [6, 6.07) is 5.77. The molecule has 1 N–H and O–H groups in total. The van der Waals surface area contributed by atoms with Gasteiger partial charge in [0.05, 0.1) is 6.04 Å². The van der Waals surface area contributed by atoms with Gasteiger partial charge in [0.25, 0.3) is 0 Å². The average molecular weight is 299 g/mol. The van der Waals surface area contributed by atoms with Crippen LogP contribution in [0.1, 0.15) is 24.0 Å². The molecule has 1 heterocycles. The fraction of sp³-hybridized carbons (Fsp3) is 0.500. The Bertz CT molecular complexity index is 467. The van der Waals surface area contributed by atoms with Crippen LogP contribution in [0.4, 0.5) is 0 Å². The second-order valence-corrected chi connectivity index (χ2v) is 6.43. The van der Waals surface area contributed by atoms with Crippen LogP contribution in [0, 0.1) is 6.92 Å². The number of carbonyl (C=O) groups is 1. The zero-order valence-corrected chi connectivity index (χ0v) is 12.9. The molecule has 0 bridgehead atoms. The van der Waals surface area contributed by atoms with E-state index in [2.05, 4.69) is 9.62 Å². The van der Waals surface area contributed by atoms with Crippen LogP contribution >= 0.6 is 23.5 Å². The van der Waals surface area contributed by atoms with Crippen LogP contribution in [0.3, 0.4) is 0 Å². The maximum atomic E-state index is 12.2. The van der Waals surface area contributed by atoms with E-state index in [9.17, 15) is 4.79 Å². The molecular formula is C14H19ClN2OS. The van der Waals surface area contributed by atoms with Gasteiger partial charge in [-0.05, 0) is 44.0 Å². The second kappa shape index (κ2) is 6.64. The molecule has 104 valence electrons. The van der Waals surface area contributed by atoms with Crippen molar-refractivity contribution < 1.29 is 4.79 Å². The molecule has 1 aliphatic heterocycles. The first kappa shape index (κ1) is 14.7. The second-order valence-electron chi connectivity index (χ2n) is 4.78. The zero-order valence-electron chi connectivity index (χ0n) is 11.3. The molecule has 1 fully saturated rings. The molecule has 5 heteroatoms. The third kappa shape index (κ3) is 3.65. The van der Waals surface area contributed by atoms with E-state index in [0.29, 0.717) is 6.54 Å². The number of halogens is 1. The Morgan fingerprint density at radius 3 is 3.11 bits per heavy atom. The van der Waals surface area contributed by atoms with Crippen LogP contribution in [0.5, 0.6) is 0 Å². The van der Waals surface area contributed by atoms with Gasteiger partial charge in [-0.15, -0.1) is 0 Å². The third-order valence-corrected chi connectivity index (χ3v) is 5.03. The van der Waals surface area contributed by atoms with Crippen molar-refractivity contribution in [2.45, 2.75) is 32.4 Å². The molecular weight excluding hydrogens is 280 g/mol. The summed E-state index contributed by atoms with van der Waals surface area (Å²) >= 11 is 7.81. The Balaban J connectivity index is 1.94. The van der Waals surface area contributed by atoms with E-state index in [0.717, 1.165) is 34.7 Å². The highest BCUT2D eigenvalue weighted by Gasteiger charge is 2.26. The summed E-state index contributed by atoms with van der Waals surface area (Å²) in [4.78, 5) is 12.2. The van der Waals surface area contributed by atoms with E-state index >= 15 is 0 Å². The van der Waals surface area contributed by atoms with Crippen molar-refractivity contribution >= 4 is 29.5 Å². The van der Waals surface area contributed by atoms with Gasteiger partial charge in [0.15, 0.2) is 0 Å². The number of rotatable bonds is 3. The van der Waals surface area contributed by atoms with Crippen LogP contribution in [-0.4, -0.2) is 29.1 Å². The average Bonchev–Trinajstić information content (AvgIpc) is 2.40. The van der Waals surface area contributed by atoms with Crippen LogP contribution in [0.15, 0.2) is 18.2 Å². The Labute approximate surface area is 123 Å². The van der Waals surface area contributed by atoms with E-state index in [4.69, 9.17) is 11.6 Å². The number of nitrogens with one attached hydrogen (secondary N) is 1. The van der Waals surface area contributed by atoms with Gasteiger partial charge in [0.1, 0.15) is 0 Å². The van der Waals surface area contributed by atoms with Crippen molar-refractivity contribution in [2.24, 2.45) is 0 Å². The molecule has 2 rings (SSSR count). The van der Waals surface area contributed by atoms with Gasteiger partial charge >= 0.3 is 0 Å². The summed E-state index contributed by atoms with van der Waals surface area (Å²) in [5.74, 6) is 1.21. The molecule has 1 atom stereocenters. The number of carbonyl (C=O) groups excluding carboxylic acids is 1. The molecule has 3 nitrogen and oxygen atoms in total. The summed E-state index contributed by atoms with van der Waals surface area (Å²) in [6.45, 7) is 2.52. The lowest BCUT2D eigenvalue weighted by molar-refractivity contribution is -0.124. The van der Waals surface area contributed by atoms with Crippen molar-refractivity contribution in [3.8, 4) is 0 Å². The first-order chi connectivity index (χ1) is 9.09. The molecule has 1 aliphatic rings. The van der Waals surface area contributed by atoms with Gasteiger partial charge in [0, 0.05) is 17.3 Å². The predicted octanol–water partition coefficient (Wildman–Crippen LogP) is 3.01. The highest BCUT2D eigenvalue weighted by molar-refractivity contribution is 7.97. The molecule has 0 aliphatic carbocycles. The molecule has 0 aromatic heterocycles. The summed E-state index contributed by atoms with van der Waals surface area (Å²) in [5, 5.41) is 3.76.